The smallest absolute Gasteiger partial charge is 0.367 e. The number of likely N-dealkylation sites (tertiary alicyclic amines) is 1. The molecule has 1 amide bonds. The Balaban J connectivity index is 1.57. The lowest BCUT2D eigenvalue weighted by Gasteiger charge is -2.40. The van der Waals surface area contributed by atoms with Crippen molar-refractivity contribution in [2.45, 2.75) is 38.9 Å². The molecule has 1 N–H and O–H groups in total. The molecule has 3 aromatic rings. The minimum absolute atomic E-state index is 0.0822. The highest BCUT2D eigenvalue weighted by Crippen LogP contribution is 2.30. The number of nitrogens with zero attached hydrogens (tertiary/aromatic N) is 4. The van der Waals surface area contributed by atoms with E-state index in [4.69, 9.17) is 0 Å². The summed E-state index contributed by atoms with van der Waals surface area (Å²) in [6, 6.07) is 13.4. The SMILES string of the molecule is Cc1ccc(-c2ccccn2)c(C(=O)N2CCC[C@@H](C)C2CNc2ccc(C(F)(F)F)nn2)c1. The lowest BCUT2D eigenvalue weighted by molar-refractivity contribution is -0.141. The maximum atomic E-state index is 13.8. The predicted octanol–water partition coefficient (Wildman–Crippen LogP) is 5.22. The lowest BCUT2D eigenvalue weighted by atomic mass is 9.89. The molecule has 9 heteroatoms. The number of hydrogen-bond donors (Lipinski definition) is 1. The molecule has 3 heterocycles. The Labute approximate surface area is 196 Å². The molecule has 2 atom stereocenters. The third kappa shape index (κ3) is 5.18. The van der Waals surface area contributed by atoms with Gasteiger partial charge < -0.3 is 10.2 Å². The highest BCUT2D eigenvalue weighted by atomic mass is 19.4. The summed E-state index contributed by atoms with van der Waals surface area (Å²) in [5.41, 5.74) is 2.03. The third-order valence-electron chi connectivity index (χ3n) is 6.17. The van der Waals surface area contributed by atoms with Crippen LogP contribution in [0.4, 0.5) is 19.0 Å². The van der Waals surface area contributed by atoms with Gasteiger partial charge in [-0.2, -0.15) is 13.2 Å². The Bertz CT molecular complexity index is 1140. The van der Waals surface area contributed by atoms with Crippen LogP contribution in [0.25, 0.3) is 11.3 Å². The molecule has 2 aromatic heterocycles. The Morgan fingerprint density at radius 2 is 1.97 bits per heavy atom. The molecule has 1 fully saturated rings. The first-order valence-corrected chi connectivity index (χ1v) is 11.2. The largest absolute Gasteiger partial charge is 0.435 e. The summed E-state index contributed by atoms with van der Waals surface area (Å²) in [7, 11) is 0. The van der Waals surface area contributed by atoms with Gasteiger partial charge >= 0.3 is 6.18 Å². The fraction of sp³-hybridized carbons (Fsp3) is 0.360. The van der Waals surface area contributed by atoms with Crippen LogP contribution in [-0.4, -0.2) is 45.1 Å². The van der Waals surface area contributed by atoms with Gasteiger partial charge in [0.1, 0.15) is 5.82 Å². The van der Waals surface area contributed by atoms with E-state index in [9.17, 15) is 18.0 Å². The summed E-state index contributed by atoms with van der Waals surface area (Å²) in [6.07, 6.45) is -1.00. The molecule has 34 heavy (non-hydrogen) atoms. The van der Waals surface area contributed by atoms with Gasteiger partial charge in [0.15, 0.2) is 5.69 Å². The first-order valence-electron chi connectivity index (χ1n) is 11.2. The highest BCUT2D eigenvalue weighted by molar-refractivity contribution is 6.01. The van der Waals surface area contributed by atoms with Crippen molar-refractivity contribution in [3.05, 3.63) is 71.5 Å². The number of alkyl halides is 3. The molecule has 4 rings (SSSR count). The molecule has 0 saturated carbocycles. The number of piperidine rings is 1. The number of anilines is 1. The molecule has 0 aliphatic carbocycles. The van der Waals surface area contributed by atoms with E-state index in [0.717, 1.165) is 35.7 Å². The second kappa shape index (κ2) is 9.79. The van der Waals surface area contributed by atoms with Crippen LogP contribution in [-0.2, 0) is 6.18 Å². The van der Waals surface area contributed by atoms with Gasteiger partial charge in [0.05, 0.1) is 11.7 Å². The van der Waals surface area contributed by atoms with Gasteiger partial charge in [-0.15, -0.1) is 10.2 Å². The van der Waals surface area contributed by atoms with Crippen molar-refractivity contribution in [1.29, 1.82) is 0 Å². The number of nitrogens with one attached hydrogen (secondary N) is 1. The molecule has 0 radical (unpaired) electrons. The summed E-state index contributed by atoms with van der Waals surface area (Å²) in [6.45, 7) is 4.99. The Hall–Kier alpha value is -3.49. The second-order valence-electron chi connectivity index (χ2n) is 8.63. The third-order valence-corrected chi connectivity index (χ3v) is 6.17. The monoisotopic (exact) mass is 469 g/mol. The molecular formula is C25H26F3N5O. The molecule has 1 aromatic carbocycles. The van der Waals surface area contributed by atoms with Crippen LogP contribution in [0.1, 0.15) is 41.4 Å². The zero-order chi connectivity index (χ0) is 24.3. The molecule has 6 nitrogen and oxygen atoms in total. The van der Waals surface area contributed by atoms with Crippen LogP contribution in [0, 0.1) is 12.8 Å². The van der Waals surface area contributed by atoms with Crippen LogP contribution in [0.2, 0.25) is 0 Å². The highest BCUT2D eigenvalue weighted by Gasteiger charge is 2.34. The van der Waals surface area contributed by atoms with Crippen molar-refractivity contribution in [2.24, 2.45) is 5.92 Å². The van der Waals surface area contributed by atoms with E-state index in [0.29, 0.717) is 18.7 Å². The van der Waals surface area contributed by atoms with E-state index in [2.05, 4.69) is 27.4 Å². The van der Waals surface area contributed by atoms with Crippen LogP contribution < -0.4 is 5.32 Å². The average molecular weight is 470 g/mol. The average Bonchev–Trinajstić information content (AvgIpc) is 2.83. The number of rotatable bonds is 5. The van der Waals surface area contributed by atoms with Gasteiger partial charge in [-0.25, -0.2) is 0 Å². The Morgan fingerprint density at radius 1 is 1.15 bits per heavy atom. The van der Waals surface area contributed by atoms with Crippen LogP contribution in [0.15, 0.2) is 54.7 Å². The Kier molecular flexibility index (Phi) is 6.81. The molecule has 0 bridgehead atoms. The van der Waals surface area contributed by atoms with Gasteiger partial charge in [-0.3, -0.25) is 9.78 Å². The summed E-state index contributed by atoms with van der Waals surface area (Å²) in [5.74, 6) is 0.361. The Morgan fingerprint density at radius 3 is 2.65 bits per heavy atom. The van der Waals surface area contributed by atoms with E-state index >= 15 is 0 Å². The number of benzene rings is 1. The minimum atomic E-state index is -4.54. The van der Waals surface area contributed by atoms with Gasteiger partial charge in [0, 0.05) is 30.4 Å². The molecule has 1 aliphatic heterocycles. The summed E-state index contributed by atoms with van der Waals surface area (Å²) < 4.78 is 38.3. The fourth-order valence-electron chi connectivity index (χ4n) is 4.33. The molecule has 1 saturated heterocycles. The van der Waals surface area contributed by atoms with Crippen molar-refractivity contribution in [3.63, 3.8) is 0 Å². The maximum absolute atomic E-state index is 13.8. The lowest BCUT2D eigenvalue weighted by Crippen LogP contribution is -2.51. The summed E-state index contributed by atoms with van der Waals surface area (Å²) >= 11 is 0. The van der Waals surface area contributed by atoms with Gasteiger partial charge in [0.25, 0.3) is 5.91 Å². The number of halogens is 3. The van der Waals surface area contributed by atoms with Crippen molar-refractivity contribution >= 4 is 11.7 Å². The second-order valence-corrected chi connectivity index (χ2v) is 8.63. The summed E-state index contributed by atoms with van der Waals surface area (Å²) in [4.78, 5) is 20.1. The molecular weight excluding hydrogens is 443 g/mol. The topological polar surface area (TPSA) is 71.0 Å². The van der Waals surface area contributed by atoms with E-state index in [1.54, 1.807) is 6.20 Å². The number of carbonyl (C=O) groups excluding carboxylic acids is 1. The van der Waals surface area contributed by atoms with E-state index in [1.807, 2.05) is 48.2 Å². The normalized spacial score (nSPS) is 18.6. The zero-order valence-electron chi connectivity index (χ0n) is 19.0. The first-order chi connectivity index (χ1) is 16.2. The maximum Gasteiger partial charge on any atom is 0.435 e. The number of amides is 1. The van der Waals surface area contributed by atoms with Gasteiger partial charge in [-0.1, -0.05) is 30.7 Å². The zero-order valence-corrected chi connectivity index (χ0v) is 19.0. The van der Waals surface area contributed by atoms with Gasteiger partial charge in [-0.05, 0) is 56.0 Å². The fourth-order valence-corrected chi connectivity index (χ4v) is 4.33. The van der Waals surface area contributed by atoms with Crippen molar-refractivity contribution < 1.29 is 18.0 Å². The molecule has 0 spiro atoms. The van der Waals surface area contributed by atoms with Crippen LogP contribution >= 0.6 is 0 Å². The number of carbonyl (C=O) groups is 1. The molecule has 1 unspecified atom stereocenters. The van der Waals surface area contributed by atoms with E-state index in [-0.39, 0.29) is 23.7 Å². The first kappa shape index (κ1) is 23.7. The predicted molar refractivity (Wildman–Crippen MR) is 123 cm³/mol. The molecule has 178 valence electrons. The van der Waals surface area contributed by atoms with Crippen molar-refractivity contribution in [2.75, 3.05) is 18.4 Å². The van der Waals surface area contributed by atoms with Gasteiger partial charge in [0.2, 0.25) is 0 Å². The van der Waals surface area contributed by atoms with Crippen molar-refractivity contribution in [1.82, 2.24) is 20.1 Å². The standard InChI is InChI=1S/C25H26F3N5O/c1-16-8-9-18(20-7-3-4-12-29-20)19(14-16)24(34)33-13-5-6-17(2)21(33)15-30-23-11-10-22(31-32-23)25(26,27)28/h3-4,7-12,14,17,21H,5-6,13,15H2,1-2H3,(H,30,32)/t17-,21?/m1/s1. The van der Waals surface area contributed by atoms with Crippen LogP contribution in [0.5, 0.6) is 0 Å². The van der Waals surface area contributed by atoms with Crippen LogP contribution in [0.3, 0.4) is 0 Å². The van der Waals surface area contributed by atoms with E-state index in [1.165, 1.54) is 6.07 Å². The minimum Gasteiger partial charge on any atom is -0.367 e. The van der Waals surface area contributed by atoms with Crippen molar-refractivity contribution in [3.8, 4) is 11.3 Å². The summed E-state index contributed by atoms with van der Waals surface area (Å²) in [5, 5.41) is 9.99. The number of pyridine rings is 1. The number of aryl methyl sites for hydroxylation is 1. The quantitative estimate of drug-likeness (QED) is 0.555. The number of hydrogen-bond acceptors (Lipinski definition) is 5. The molecule has 1 aliphatic rings. The number of aromatic nitrogens is 3. The van der Waals surface area contributed by atoms with E-state index < -0.39 is 11.9 Å².